The van der Waals surface area contributed by atoms with Crippen LogP contribution in [0.2, 0.25) is 0 Å². The third kappa shape index (κ3) is 39.4. The van der Waals surface area contributed by atoms with Crippen molar-refractivity contribution in [3.8, 4) is 0 Å². The van der Waals surface area contributed by atoms with Crippen molar-refractivity contribution in [3.05, 3.63) is 0 Å². The summed E-state index contributed by atoms with van der Waals surface area (Å²) in [6.45, 7) is 9.83. The number of rotatable bonds is 46. The summed E-state index contributed by atoms with van der Waals surface area (Å²) >= 11 is 6.59. The number of halogens is 1. The van der Waals surface area contributed by atoms with Gasteiger partial charge >= 0.3 is 0 Å². The fourth-order valence-electron chi connectivity index (χ4n) is 7.80. The Bertz CT molecular complexity index is 917. The molecule has 0 bridgehead atoms. The standard InChI is InChI=1S/C48H96ClN4O4P/c1-5-6-7-8-9-10-11-12-15-19-22-25-28-31-34-38-47(55)51-42-46(54)43-52-48(56)39-35-32-29-26-23-20-17-14-13-16-18-21-24-27-30-33-37-45(4)53(44(2)3)58(49)57-41-36-40-50/h40,44-46,50,54H,5-39,41-43H2,1-4H3,(H,51,55)(H,52,56). The van der Waals surface area contributed by atoms with Crippen molar-refractivity contribution >= 4 is 36.9 Å². The minimum atomic E-state index is -1.12. The Balaban J connectivity index is 3.49. The molecule has 0 spiro atoms. The number of nitrogens with one attached hydrogen (secondary N) is 3. The number of hydrogen-bond acceptors (Lipinski definition) is 6. The summed E-state index contributed by atoms with van der Waals surface area (Å²) in [5.41, 5.74) is 0. The summed E-state index contributed by atoms with van der Waals surface area (Å²) in [7, 11) is -1.12. The molecule has 0 aliphatic carbocycles. The van der Waals surface area contributed by atoms with Crippen LogP contribution in [0, 0.1) is 5.41 Å². The molecule has 344 valence electrons. The molecule has 0 radical (unpaired) electrons. The average Bonchev–Trinajstić information content (AvgIpc) is 3.20. The molecule has 2 amide bonds. The average molecular weight is 860 g/mol. The molecule has 0 aromatic rings. The first-order valence-electron chi connectivity index (χ1n) is 24.8. The van der Waals surface area contributed by atoms with Gasteiger partial charge in [-0.25, -0.2) is 4.67 Å². The second-order valence-corrected chi connectivity index (χ2v) is 19.6. The molecule has 0 saturated carbocycles. The molecule has 4 N–H and O–H groups in total. The van der Waals surface area contributed by atoms with Crippen molar-refractivity contribution in [2.75, 3.05) is 19.7 Å². The fourth-order valence-corrected chi connectivity index (χ4v) is 10.2. The van der Waals surface area contributed by atoms with E-state index in [4.69, 9.17) is 21.2 Å². The van der Waals surface area contributed by atoms with E-state index in [1.165, 1.54) is 180 Å². The number of carbonyl (C=O) groups is 2. The van der Waals surface area contributed by atoms with E-state index in [1.54, 1.807) is 0 Å². The van der Waals surface area contributed by atoms with Gasteiger partial charge in [0.2, 0.25) is 19.5 Å². The molecular formula is C48H96ClN4O4P. The number of hydrogen-bond donors (Lipinski definition) is 4. The molecule has 0 rings (SSSR count). The molecule has 0 aromatic heterocycles. The smallest absolute Gasteiger partial charge is 0.220 e. The first-order valence-corrected chi connectivity index (χ1v) is 26.9. The highest BCUT2D eigenvalue weighted by molar-refractivity contribution is 7.78. The van der Waals surface area contributed by atoms with E-state index in [9.17, 15) is 14.7 Å². The number of nitrogens with zero attached hydrogens (tertiary/aromatic N) is 1. The van der Waals surface area contributed by atoms with Crippen molar-refractivity contribution in [1.82, 2.24) is 15.3 Å². The van der Waals surface area contributed by atoms with E-state index < -0.39 is 13.8 Å². The van der Waals surface area contributed by atoms with Gasteiger partial charge in [0, 0.05) is 44.4 Å². The van der Waals surface area contributed by atoms with E-state index in [-0.39, 0.29) is 24.9 Å². The summed E-state index contributed by atoms with van der Waals surface area (Å²) in [6.07, 6.45) is 43.5. The first-order chi connectivity index (χ1) is 28.2. The normalized spacial score (nSPS) is 13.2. The third-order valence-corrected chi connectivity index (χ3v) is 13.9. The molecular weight excluding hydrogens is 763 g/mol. The van der Waals surface area contributed by atoms with Gasteiger partial charge in [-0.05, 0) is 57.5 Å². The first kappa shape index (κ1) is 57.2. The lowest BCUT2D eigenvalue weighted by atomic mass is 10.0. The lowest BCUT2D eigenvalue weighted by Gasteiger charge is -2.35. The quantitative estimate of drug-likeness (QED) is 0.0276. The van der Waals surface area contributed by atoms with E-state index in [2.05, 4.69) is 43.0 Å². The van der Waals surface area contributed by atoms with E-state index in [1.807, 2.05) is 0 Å². The van der Waals surface area contributed by atoms with Crippen LogP contribution < -0.4 is 10.6 Å². The second-order valence-electron chi connectivity index (χ2n) is 17.5. The van der Waals surface area contributed by atoms with Gasteiger partial charge in [-0.1, -0.05) is 193 Å². The van der Waals surface area contributed by atoms with Crippen LogP contribution in [0.15, 0.2) is 0 Å². The van der Waals surface area contributed by atoms with Gasteiger partial charge < -0.3 is 25.7 Å². The third-order valence-electron chi connectivity index (χ3n) is 11.5. The van der Waals surface area contributed by atoms with Crippen molar-refractivity contribution in [1.29, 1.82) is 5.41 Å². The minimum absolute atomic E-state index is 0.00435. The molecule has 3 atom stereocenters. The Labute approximate surface area is 365 Å². The highest BCUT2D eigenvalue weighted by Gasteiger charge is 2.25. The van der Waals surface area contributed by atoms with Crippen LogP contribution in [0.1, 0.15) is 252 Å². The maximum absolute atomic E-state index is 12.2. The maximum atomic E-state index is 12.2. The molecule has 0 aliphatic rings. The van der Waals surface area contributed by atoms with Crippen molar-refractivity contribution in [2.45, 2.75) is 271 Å². The number of aliphatic hydroxyl groups is 1. The topological polar surface area (TPSA) is 115 Å². The molecule has 58 heavy (non-hydrogen) atoms. The van der Waals surface area contributed by atoms with Crippen LogP contribution in [0.3, 0.4) is 0 Å². The van der Waals surface area contributed by atoms with E-state index >= 15 is 0 Å². The summed E-state index contributed by atoms with van der Waals surface area (Å²) in [5, 5.41) is 23.0. The van der Waals surface area contributed by atoms with Gasteiger partial charge in [0.15, 0.2) is 0 Å². The van der Waals surface area contributed by atoms with Gasteiger partial charge in [0.05, 0.1) is 12.7 Å². The molecule has 0 fully saturated rings. The Kier molecular flexibility index (Phi) is 43.7. The summed E-state index contributed by atoms with van der Waals surface area (Å²) in [5.74, 6) is -0.0123. The molecule has 0 saturated heterocycles. The molecule has 3 unspecified atom stereocenters. The van der Waals surface area contributed by atoms with Crippen molar-refractivity contribution in [3.63, 3.8) is 0 Å². The van der Waals surface area contributed by atoms with Crippen LogP contribution in [-0.2, 0) is 14.1 Å². The zero-order chi connectivity index (χ0) is 42.7. The lowest BCUT2D eigenvalue weighted by molar-refractivity contribution is -0.121. The number of unbranched alkanes of at least 4 members (excludes halogenated alkanes) is 29. The Morgan fingerprint density at radius 3 is 1.26 bits per heavy atom. The fraction of sp³-hybridized carbons (Fsp3) is 0.938. The summed E-state index contributed by atoms with van der Waals surface area (Å²) in [6, 6.07) is 0.775. The highest BCUT2D eigenvalue weighted by Crippen LogP contribution is 2.50. The maximum Gasteiger partial charge on any atom is 0.220 e. The predicted molar refractivity (Wildman–Crippen MR) is 253 cm³/mol. The zero-order valence-corrected chi connectivity index (χ0v) is 40.3. The summed E-state index contributed by atoms with van der Waals surface area (Å²) < 4.78 is 8.11. The van der Waals surface area contributed by atoms with Crippen molar-refractivity contribution in [2.24, 2.45) is 0 Å². The van der Waals surface area contributed by atoms with Crippen molar-refractivity contribution < 1.29 is 19.2 Å². The van der Waals surface area contributed by atoms with Crippen LogP contribution in [-0.4, -0.2) is 65.7 Å². The Hall–Kier alpha value is -0.790. The predicted octanol–water partition coefficient (Wildman–Crippen LogP) is 14.5. The number of aliphatic hydroxyl groups excluding tert-OH is 1. The Morgan fingerprint density at radius 1 is 0.603 bits per heavy atom. The second kappa shape index (κ2) is 44.3. The van der Waals surface area contributed by atoms with Crippen LogP contribution in [0.25, 0.3) is 0 Å². The van der Waals surface area contributed by atoms with Crippen LogP contribution >= 0.6 is 18.9 Å². The summed E-state index contributed by atoms with van der Waals surface area (Å²) in [4.78, 5) is 24.4. The van der Waals surface area contributed by atoms with Gasteiger partial charge in [-0.15, -0.1) is 0 Å². The lowest BCUT2D eigenvalue weighted by Crippen LogP contribution is -2.39. The molecule has 0 aliphatic heterocycles. The molecule has 8 nitrogen and oxygen atoms in total. The largest absolute Gasteiger partial charge is 0.389 e. The monoisotopic (exact) mass is 859 g/mol. The SMILES string of the molecule is CCCCCCCCCCCCCCCCCC(=O)NCC(O)CNC(=O)CCCCCCCCCCCCCCCCCCC(C)N(C(C)C)P(Cl)OCCC=N. The van der Waals surface area contributed by atoms with Gasteiger partial charge in [-0.2, -0.15) is 0 Å². The Morgan fingerprint density at radius 2 is 0.931 bits per heavy atom. The van der Waals surface area contributed by atoms with Crippen LogP contribution in [0.5, 0.6) is 0 Å². The van der Waals surface area contributed by atoms with Crippen LogP contribution in [0.4, 0.5) is 0 Å². The molecule has 0 aromatic carbocycles. The van der Waals surface area contributed by atoms with Gasteiger partial charge in [-0.3, -0.25) is 9.59 Å². The van der Waals surface area contributed by atoms with E-state index in [0.717, 1.165) is 32.1 Å². The number of amides is 2. The van der Waals surface area contributed by atoms with E-state index in [0.29, 0.717) is 38.0 Å². The van der Waals surface area contributed by atoms with Gasteiger partial charge in [0.25, 0.3) is 0 Å². The molecule has 0 heterocycles. The molecule has 10 heteroatoms. The number of carbonyl (C=O) groups excluding carboxylic acids is 2. The highest BCUT2D eigenvalue weighted by atomic mass is 35.7. The van der Waals surface area contributed by atoms with Gasteiger partial charge in [0.1, 0.15) is 0 Å². The zero-order valence-electron chi connectivity index (χ0n) is 38.6. The minimum Gasteiger partial charge on any atom is -0.389 e.